The van der Waals surface area contributed by atoms with E-state index < -0.39 is 79.9 Å². The quantitative estimate of drug-likeness (QED) is 0.0750. The second-order valence-corrected chi connectivity index (χ2v) is 16.0. The zero-order chi connectivity index (χ0) is 41.7. The van der Waals surface area contributed by atoms with Crippen LogP contribution in [0.2, 0.25) is 5.02 Å². The number of amides is 4. The third-order valence-corrected chi connectivity index (χ3v) is 12.8. The van der Waals surface area contributed by atoms with Crippen LogP contribution < -0.4 is 14.7 Å². The molecule has 14 nitrogen and oxygen atoms in total. The van der Waals surface area contributed by atoms with E-state index in [4.69, 9.17) is 11.6 Å². The molecule has 6 unspecified atom stereocenters. The molecule has 2 aliphatic heterocycles. The number of carbonyl (C=O) groups is 4. The van der Waals surface area contributed by atoms with Gasteiger partial charge in [-0.25, -0.2) is 9.80 Å². The SMILES string of the molecule is CN(C)c1c([N+](=O)[O-])cc(N2C(=O)C3CC=C4C(CC5C(=O)N(c6cccc(Cl)c6)C(=O)C5(c5ccccc5)C4c4c(O)ccc5ccccc45)C3C2=O)cc1[N+](=O)[O-]. The number of phenolic OH excluding ortho intramolecular Hbond substituents is 1. The molecule has 5 aromatic carbocycles. The highest BCUT2D eigenvalue weighted by Crippen LogP contribution is 2.66. The Morgan fingerprint density at radius 3 is 2.10 bits per heavy atom. The molecule has 0 bridgehead atoms. The fourth-order valence-corrected chi connectivity index (χ4v) is 10.5. The number of halogens is 1. The van der Waals surface area contributed by atoms with Gasteiger partial charge in [0.2, 0.25) is 23.6 Å². The number of allylic oxidation sites excluding steroid dienone is 2. The minimum atomic E-state index is -1.66. The molecule has 4 aliphatic rings. The maximum atomic E-state index is 15.6. The Hall–Kier alpha value is -6.93. The summed E-state index contributed by atoms with van der Waals surface area (Å²) in [5.41, 5.74) is -1.90. The summed E-state index contributed by atoms with van der Waals surface area (Å²) >= 11 is 6.42. The van der Waals surface area contributed by atoms with E-state index in [1.54, 1.807) is 66.7 Å². The molecule has 2 saturated heterocycles. The summed E-state index contributed by atoms with van der Waals surface area (Å²) in [6.45, 7) is 0. The van der Waals surface area contributed by atoms with Gasteiger partial charge in [0.05, 0.1) is 44.4 Å². The van der Waals surface area contributed by atoms with Crippen LogP contribution in [0.3, 0.4) is 0 Å². The number of nitrogens with zero attached hydrogens (tertiary/aromatic N) is 5. The molecular weight excluding hydrogens is 778 g/mol. The summed E-state index contributed by atoms with van der Waals surface area (Å²) in [7, 11) is 2.82. The summed E-state index contributed by atoms with van der Waals surface area (Å²) in [4.78, 5) is 86.2. The number of nitro benzene ring substituents is 2. The molecule has 3 fully saturated rings. The van der Waals surface area contributed by atoms with E-state index in [0.717, 1.165) is 27.3 Å². The summed E-state index contributed by atoms with van der Waals surface area (Å²) in [6.07, 6.45) is 1.78. The fraction of sp³-hybridized carbons (Fsp3) is 0.227. The standard InChI is InChI=1S/C44H34ClN5O9/c1-46(2)39-33(49(56)57)20-27(21-34(39)50(58)59)47-40(52)30-17-16-29-31(36(30)42(47)54)22-32-41(53)48(26-13-8-12-25(45)19-26)43(55)44(32,24-10-4-3-5-11-24)38(29)37-28-14-7-6-9-23(28)15-18-35(37)51/h3-16,18-21,30-32,36,38,51H,17,22H2,1-2H3. The molecule has 9 rings (SSSR count). The number of fused-ring (bicyclic) bond motifs is 5. The lowest BCUT2D eigenvalue weighted by Gasteiger charge is -2.51. The smallest absolute Gasteiger partial charge is 0.301 e. The largest absolute Gasteiger partial charge is 0.508 e. The zero-order valence-corrected chi connectivity index (χ0v) is 32.3. The van der Waals surface area contributed by atoms with Crippen molar-refractivity contribution < 1.29 is 34.1 Å². The minimum Gasteiger partial charge on any atom is -0.508 e. The lowest BCUT2D eigenvalue weighted by Crippen LogP contribution is -2.53. The van der Waals surface area contributed by atoms with E-state index in [1.165, 1.54) is 25.1 Å². The lowest BCUT2D eigenvalue weighted by atomic mass is 9.48. The summed E-state index contributed by atoms with van der Waals surface area (Å²) in [6, 6.07) is 27.9. The number of hydrogen-bond donors (Lipinski definition) is 1. The van der Waals surface area contributed by atoms with Crippen molar-refractivity contribution in [3.05, 3.63) is 151 Å². The first-order chi connectivity index (χ1) is 28.3. The molecule has 15 heteroatoms. The highest BCUT2D eigenvalue weighted by molar-refractivity contribution is 6.32. The van der Waals surface area contributed by atoms with E-state index in [1.807, 2.05) is 24.3 Å². The molecule has 296 valence electrons. The van der Waals surface area contributed by atoms with Crippen LogP contribution >= 0.6 is 11.6 Å². The molecule has 1 saturated carbocycles. The van der Waals surface area contributed by atoms with Crippen molar-refractivity contribution in [2.45, 2.75) is 24.2 Å². The number of hydrogen-bond acceptors (Lipinski definition) is 10. The van der Waals surface area contributed by atoms with Crippen LogP contribution in [0, 0.1) is 43.9 Å². The summed E-state index contributed by atoms with van der Waals surface area (Å²) < 4.78 is 0. The van der Waals surface area contributed by atoms with E-state index >= 15 is 9.59 Å². The number of rotatable bonds is 7. The van der Waals surface area contributed by atoms with Gasteiger partial charge in [0.1, 0.15) is 5.75 Å². The summed E-state index contributed by atoms with van der Waals surface area (Å²) in [5.74, 6) is -7.80. The average Bonchev–Trinajstić information content (AvgIpc) is 3.61. The van der Waals surface area contributed by atoms with Gasteiger partial charge in [-0.2, -0.15) is 0 Å². The van der Waals surface area contributed by atoms with Gasteiger partial charge in [-0.1, -0.05) is 90.0 Å². The molecule has 1 N–H and O–H groups in total. The van der Waals surface area contributed by atoms with Gasteiger partial charge >= 0.3 is 11.4 Å². The predicted octanol–water partition coefficient (Wildman–Crippen LogP) is 7.45. The fourth-order valence-electron chi connectivity index (χ4n) is 10.4. The Balaban J connectivity index is 1.28. The van der Waals surface area contributed by atoms with E-state index in [9.17, 15) is 34.9 Å². The second kappa shape index (κ2) is 13.6. The molecule has 0 radical (unpaired) electrons. The minimum absolute atomic E-state index is 0.00918. The molecule has 0 spiro atoms. The van der Waals surface area contributed by atoms with Crippen molar-refractivity contribution in [1.29, 1.82) is 0 Å². The van der Waals surface area contributed by atoms with Gasteiger partial charge in [0, 0.05) is 42.7 Å². The van der Waals surface area contributed by atoms with Crippen molar-refractivity contribution in [2.75, 3.05) is 28.8 Å². The molecular formula is C44H34ClN5O9. The van der Waals surface area contributed by atoms with Crippen molar-refractivity contribution in [2.24, 2.45) is 23.7 Å². The highest BCUT2D eigenvalue weighted by atomic mass is 35.5. The van der Waals surface area contributed by atoms with Gasteiger partial charge in [0.15, 0.2) is 5.69 Å². The predicted molar refractivity (Wildman–Crippen MR) is 218 cm³/mol. The second-order valence-electron chi connectivity index (χ2n) is 15.6. The maximum absolute atomic E-state index is 15.6. The Morgan fingerprint density at radius 1 is 0.763 bits per heavy atom. The lowest BCUT2D eigenvalue weighted by molar-refractivity contribution is -0.392. The van der Waals surface area contributed by atoms with Gasteiger partial charge in [-0.15, -0.1) is 0 Å². The first kappa shape index (κ1) is 37.6. The normalized spacial score (nSPS) is 24.8. The van der Waals surface area contributed by atoms with Crippen molar-refractivity contribution >= 4 is 74.4 Å². The zero-order valence-electron chi connectivity index (χ0n) is 31.5. The third-order valence-electron chi connectivity index (χ3n) is 12.6. The molecule has 2 heterocycles. The highest BCUT2D eigenvalue weighted by Gasteiger charge is 2.70. The van der Waals surface area contributed by atoms with E-state index in [-0.39, 0.29) is 35.7 Å². The molecule has 6 atom stereocenters. The van der Waals surface area contributed by atoms with Crippen LogP contribution in [0.1, 0.15) is 29.9 Å². The molecule has 5 aromatic rings. The molecule has 4 amide bonds. The first-order valence-electron chi connectivity index (χ1n) is 18.9. The average molecular weight is 812 g/mol. The van der Waals surface area contributed by atoms with E-state index in [2.05, 4.69) is 0 Å². The number of benzene rings is 5. The third kappa shape index (κ3) is 5.32. The van der Waals surface area contributed by atoms with Crippen LogP contribution in [0.5, 0.6) is 5.75 Å². The Labute approximate surface area is 341 Å². The number of nitro groups is 2. The Kier molecular flexibility index (Phi) is 8.67. The van der Waals surface area contributed by atoms with Crippen LogP contribution in [0.25, 0.3) is 10.8 Å². The van der Waals surface area contributed by atoms with Crippen LogP contribution in [0.15, 0.2) is 115 Å². The first-order valence-corrected chi connectivity index (χ1v) is 19.3. The van der Waals surface area contributed by atoms with Gasteiger partial charge < -0.3 is 10.0 Å². The Bertz CT molecular complexity index is 2700. The number of phenols is 1. The van der Waals surface area contributed by atoms with Crippen LogP contribution in [-0.4, -0.2) is 52.7 Å². The number of anilines is 3. The monoisotopic (exact) mass is 811 g/mol. The van der Waals surface area contributed by atoms with Crippen LogP contribution in [-0.2, 0) is 24.6 Å². The van der Waals surface area contributed by atoms with Crippen LogP contribution in [0.4, 0.5) is 28.4 Å². The Morgan fingerprint density at radius 2 is 1.44 bits per heavy atom. The molecule has 59 heavy (non-hydrogen) atoms. The molecule has 2 aliphatic carbocycles. The van der Waals surface area contributed by atoms with Crippen molar-refractivity contribution in [3.8, 4) is 5.75 Å². The van der Waals surface area contributed by atoms with Gasteiger partial charge in [-0.3, -0.25) is 39.4 Å². The van der Waals surface area contributed by atoms with E-state index in [0.29, 0.717) is 27.1 Å². The maximum Gasteiger partial charge on any atom is 0.301 e. The van der Waals surface area contributed by atoms with Gasteiger partial charge in [0.25, 0.3) is 0 Å². The molecule has 0 aromatic heterocycles. The summed E-state index contributed by atoms with van der Waals surface area (Å²) in [5, 5.41) is 38.2. The van der Waals surface area contributed by atoms with Crippen molar-refractivity contribution in [3.63, 3.8) is 0 Å². The van der Waals surface area contributed by atoms with Crippen molar-refractivity contribution in [1.82, 2.24) is 0 Å². The number of carbonyl (C=O) groups excluding carboxylic acids is 4. The number of imide groups is 2. The topological polar surface area (TPSA) is 185 Å². The van der Waals surface area contributed by atoms with Gasteiger partial charge in [-0.05, 0) is 59.4 Å². The number of aromatic hydroxyl groups is 1.